The smallest absolute Gasteiger partial charge is 0.127 e. The van der Waals surface area contributed by atoms with Gasteiger partial charge in [-0.2, -0.15) is 0 Å². The van der Waals surface area contributed by atoms with Gasteiger partial charge in [-0.3, -0.25) is 0 Å². The summed E-state index contributed by atoms with van der Waals surface area (Å²) in [5.74, 6) is 1.64. The predicted molar refractivity (Wildman–Crippen MR) is 80.8 cm³/mol. The van der Waals surface area contributed by atoms with Gasteiger partial charge in [0.2, 0.25) is 0 Å². The molecule has 1 heterocycles. The van der Waals surface area contributed by atoms with Crippen LogP contribution in [0.2, 0.25) is 0 Å². The molecule has 0 aromatic heterocycles. The summed E-state index contributed by atoms with van der Waals surface area (Å²) >= 11 is 0. The average Bonchev–Trinajstić information content (AvgIpc) is 2.35. The Hall–Kier alpha value is -1.02. The molecule has 2 rings (SSSR count). The zero-order valence-electron chi connectivity index (χ0n) is 12.9. The minimum atomic E-state index is 0.126. The Morgan fingerprint density at radius 2 is 2.05 bits per heavy atom. The van der Waals surface area contributed by atoms with Crippen LogP contribution in [0.15, 0.2) is 18.2 Å². The van der Waals surface area contributed by atoms with E-state index in [4.69, 9.17) is 4.74 Å². The first kappa shape index (κ1) is 14.4. The predicted octanol–water partition coefficient (Wildman–Crippen LogP) is 4.05. The van der Waals surface area contributed by atoms with Gasteiger partial charge in [0.05, 0.1) is 6.61 Å². The van der Waals surface area contributed by atoms with Crippen LogP contribution in [0.5, 0.6) is 5.75 Å². The summed E-state index contributed by atoms with van der Waals surface area (Å²) < 4.78 is 6.06. The van der Waals surface area contributed by atoms with Crippen LogP contribution >= 0.6 is 0 Å². The van der Waals surface area contributed by atoms with Gasteiger partial charge in [0.1, 0.15) is 5.75 Å². The standard InChI is InChI=1S/C17H27NO/c1-6-10-18-15-12(2)11-19-16-13(15)8-7-9-14(16)17(3,4)5/h7-9,12,15,18H,6,10-11H2,1-5H3. The second kappa shape index (κ2) is 5.54. The maximum atomic E-state index is 6.06. The fourth-order valence-electron chi connectivity index (χ4n) is 2.78. The molecule has 0 saturated carbocycles. The van der Waals surface area contributed by atoms with Gasteiger partial charge in [0.15, 0.2) is 0 Å². The molecule has 2 nitrogen and oxygen atoms in total. The van der Waals surface area contributed by atoms with Gasteiger partial charge >= 0.3 is 0 Å². The maximum Gasteiger partial charge on any atom is 0.127 e. The van der Waals surface area contributed by atoms with E-state index in [9.17, 15) is 0 Å². The highest BCUT2D eigenvalue weighted by Crippen LogP contribution is 2.41. The molecule has 1 aliphatic rings. The van der Waals surface area contributed by atoms with E-state index >= 15 is 0 Å². The third-order valence-electron chi connectivity index (χ3n) is 3.86. The molecule has 1 N–H and O–H groups in total. The lowest BCUT2D eigenvalue weighted by Crippen LogP contribution is -2.35. The van der Waals surface area contributed by atoms with Crippen molar-refractivity contribution in [2.24, 2.45) is 5.92 Å². The SMILES string of the molecule is CCCNC1c2cccc(C(C)(C)C)c2OCC1C. The molecule has 2 heteroatoms. The number of rotatable bonds is 3. The van der Waals surface area contributed by atoms with E-state index in [2.05, 4.69) is 58.1 Å². The summed E-state index contributed by atoms with van der Waals surface area (Å²) in [6, 6.07) is 7.01. The second-order valence-electron chi connectivity index (χ2n) is 6.69. The quantitative estimate of drug-likeness (QED) is 0.886. The molecule has 0 saturated heterocycles. The van der Waals surface area contributed by atoms with Crippen molar-refractivity contribution in [1.82, 2.24) is 5.32 Å². The number of ether oxygens (including phenoxy) is 1. The van der Waals surface area contributed by atoms with E-state index < -0.39 is 0 Å². The second-order valence-corrected chi connectivity index (χ2v) is 6.69. The largest absolute Gasteiger partial charge is 0.493 e. The summed E-state index contributed by atoms with van der Waals surface area (Å²) in [7, 11) is 0. The molecule has 1 aromatic rings. The Bertz CT molecular complexity index is 433. The number of hydrogen-bond donors (Lipinski definition) is 1. The van der Waals surface area contributed by atoms with Gasteiger partial charge in [0.25, 0.3) is 0 Å². The van der Waals surface area contributed by atoms with E-state index in [0.29, 0.717) is 12.0 Å². The molecule has 2 atom stereocenters. The number of para-hydroxylation sites is 1. The summed E-state index contributed by atoms with van der Waals surface area (Å²) in [4.78, 5) is 0. The van der Waals surface area contributed by atoms with Crippen molar-refractivity contribution in [1.29, 1.82) is 0 Å². The molecule has 0 aliphatic carbocycles. The Morgan fingerprint density at radius 3 is 2.68 bits per heavy atom. The Balaban J connectivity index is 2.40. The third kappa shape index (κ3) is 2.94. The van der Waals surface area contributed by atoms with Crippen LogP contribution in [0, 0.1) is 5.92 Å². The van der Waals surface area contributed by atoms with E-state index in [1.807, 2.05) is 0 Å². The van der Waals surface area contributed by atoms with Crippen LogP contribution < -0.4 is 10.1 Å². The van der Waals surface area contributed by atoms with E-state index in [1.165, 1.54) is 17.5 Å². The Kier molecular flexibility index (Phi) is 4.19. The van der Waals surface area contributed by atoms with Gasteiger partial charge in [-0.25, -0.2) is 0 Å². The molecule has 19 heavy (non-hydrogen) atoms. The van der Waals surface area contributed by atoms with Crippen LogP contribution in [-0.2, 0) is 5.41 Å². The molecular formula is C17H27NO. The van der Waals surface area contributed by atoms with Gasteiger partial charge in [0, 0.05) is 17.5 Å². The normalized spacial score (nSPS) is 22.8. The maximum absolute atomic E-state index is 6.06. The zero-order chi connectivity index (χ0) is 14.0. The lowest BCUT2D eigenvalue weighted by atomic mass is 9.82. The van der Waals surface area contributed by atoms with E-state index in [-0.39, 0.29) is 5.41 Å². The number of hydrogen-bond acceptors (Lipinski definition) is 2. The topological polar surface area (TPSA) is 21.3 Å². The van der Waals surface area contributed by atoms with E-state index in [1.54, 1.807) is 0 Å². The van der Waals surface area contributed by atoms with Crippen molar-refractivity contribution in [2.45, 2.75) is 52.5 Å². The number of nitrogens with one attached hydrogen (secondary N) is 1. The van der Waals surface area contributed by atoms with Gasteiger partial charge in [-0.05, 0) is 23.9 Å². The minimum absolute atomic E-state index is 0.126. The van der Waals surface area contributed by atoms with Crippen LogP contribution in [0.4, 0.5) is 0 Å². The van der Waals surface area contributed by atoms with Crippen LogP contribution in [0.3, 0.4) is 0 Å². The molecule has 2 unspecified atom stereocenters. The van der Waals surface area contributed by atoms with Crippen molar-refractivity contribution < 1.29 is 4.74 Å². The summed E-state index contributed by atoms with van der Waals surface area (Å²) in [5, 5.41) is 3.68. The van der Waals surface area contributed by atoms with Crippen molar-refractivity contribution in [3.05, 3.63) is 29.3 Å². The summed E-state index contributed by atoms with van der Waals surface area (Å²) in [6.07, 6.45) is 1.17. The van der Waals surface area contributed by atoms with Crippen molar-refractivity contribution >= 4 is 0 Å². The molecule has 0 bridgehead atoms. The monoisotopic (exact) mass is 261 g/mol. The molecule has 106 valence electrons. The fourth-order valence-corrected chi connectivity index (χ4v) is 2.78. The molecule has 0 fully saturated rings. The first-order chi connectivity index (χ1) is 8.95. The lowest BCUT2D eigenvalue weighted by Gasteiger charge is -2.35. The van der Waals surface area contributed by atoms with Crippen molar-refractivity contribution in [2.75, 3.05) is 13.2 Å². The highest BCUT2D eigenvalue weighted by Gasteiger charge is 2.31. The molecule has 1 aromatic carbocycles. The third-order valence-corrected chi connectivity index (χ3v) is 3.86. The van der Waals surface area contributed by atoms with Crippen molar-refractivity contribution in [3.63, 3.8) is 0 Å². The van der Waals surface area contributed by atoms with Gasteiger partial charge < -0.3 is 10.1 Å². The molecular weight excluding hydrogens is 234 g/mol. The number of fused-ring (bicyclic) bond motifs is 1. The molecule has 1 aliphatic heterocycles. The molecule has 0 amide bonds. The van der Waals surface area contributed by atoms with Crippen LogP contribution in [0.25, 0.3) is 0 Å². The molecule has 0 radical (unpaired) electrons. The van der Waals surface area contributed by atoms with Crippen LogP contribution in [-0.4, -0.2) is 13.2 Å². The van der Waals surface area contributed by atoms with E-state index in [0.717, 1.165) is 18.9 Å². The van der Waals surface area contributed by atoms with Gasteiger partial charge in [-0.15, -0.1) is 0 Å². The zero-order valence-corrected chi connectivity index (χ0v) is 12.9. The highest BCUT2D eigenvalue weighted by atomic mass is 16.5. The highest BCUT2D eigenvalue weighted by molar-refractivity contribution is 5.48. The number of benzene rings is 1. The van der Waals surface area contributed by atoms with Gasteiger partial charge in [-0.1, -0.05) is 52.8 Å². The summed E-state index contributed by atoms with van der Waals surface area (Å²) in [5.41, 5.74) is 2.78. The first-order valence-corrected chi connectivity index (χ1v) is 7.44. The lowest BCUT2D eigenvalue weighted by molar-refractivity contribution is 0.185. The average molecular weight is 261 g/mol. The Labute approximate surface area is 117 Å². The fraction of sp³-hybridized carbons (Fsp3) is 0.647. The summed E-state index contributed by atoms with van der Waals surface area (Å²) in [6.45, 7) is 13.1. The molecule has 0 spiro atoms. The Morgan fingerprint density at radius 1 is 1.32 bits per heavy atom. The first-order valence-electron chi connectivity index (χ1n) is 7.44. The minimum Gasteiger partial charge on any atom is -0.493 e. The van der Waals surface area contributed by atoms with Crippen LogP contribution in [0.1, 0.15) is 58.2 Å². The van der Waals surface area contributed by atoms with Crippen molar-refractivity contribution in [3.8, 4) is 5.75 Å².